The highest BCUT2D eigenvalue weighted by Gasteiger charge is 2.36. The number of primary amides is 1. The molecule has 1 heterocycles. The summed E-state index contributed by atoms with van der Waals surface area (Å²) in [5.74, 6) is -2.19. The standard InChI is InChI=1S/C19H15N3O6/c20-16(24)10-28-15-4-2-1-3-11(15)9-14-17(25)21-19(27)22(18(14)26)12-5-7-13(23)8-6-12/h1-9,23H,10H2,(H2,20,24)(H,21,25,27)/b14-9+. The van der Waals surface area contributed by atoms with Crippen molar-refractivity contribution in [2.24, 2.45) is 5.73 Å². The second kappa shape index (κ2) is 7.62. The highest BCUT2D eigenvalue weighted by Crippen LogP contribution is 2.26. The number of nitrogens with zero attached hydrogens (tertiary/aromatic N) is 1. The fourth-order valence-electron chi connectivity index (χ4n) is 2.53. The maximum atomic E-state index is 12.8. The molecule has 9 nitrogen and oxygen atoms in total. The maximum absolute atomic E-state index is 12.8. The Morgan fingerprint density at radius 1 is 1.11 bits per heavy atom. The van der Waals surface area contributed by atoms with Crippen LogP contribution in [0, 0.1) is 0 Å². The molecule has 2 aromatic carbocycles. The first-order valence-corrected chi connectivity index (χ1v) is 8.07. The van der Waals surface area contributed by atoms with Crippen LogP contribution >= 0.6 is 0 Å². The molecule has 142 valence electrons. The molecule has 0 radical (unpaired) electrons. The van der Waals surface area contributed by atoms with Crippen LogP contribution in [0.5, 0.6) is 11.5 Å². The number of aromatic hydroxyl groups is 1. The molecule has 0 aliphatic carbocycles. The number of amides is 5. The number of hydrogen-bond donors (Lipinski definition) is 3. The van der Waals surface area contributed by atoms with E-state index in [2.05, 4.69) is 5.32 Å². The summed E-state index contributed by atoms with van der Waals surface area (Å²) in [6.45, 7) is -0.377. The van der Waals surface area contributed by atoms with Crippen LogP contribution in [-0.4, -0.2) is 35.5 Å². The monoisotopic (exact) mass is 381 g/mol. The van der Waals surface area contributed by atoms with Gasteiger partial charge in [0.2, 0.25) is 0 Å². The molecule has 3 rings (SSSR count). The zero-order valence-corrected chi connectivity index (χ0v) is 14.4. The highest BCUT2D eigenvalue weighted by atomic mass is 16.5. The summed E-state index contributed by atoms with van der Waals surface area (Å²) in [4.78, 5) is 48.9. The number of hydrogen-bond acceptors (Lipinski definition) is 6. The minimum Gasteiger partial charge on any atom is -0.508 e. The van der Waals surface area contributed by atoms with Crippen molar-refractivity contribution in [1.29, 1.82) is 0 Å². The van der Waals surface area contributed by atoms with Crippen LogP contribution in [0.2, 0.25) is 0 Å². The van der Waals surface area contributed by atoms with Gasteiger partial charge in [-0.05, 0) is 36.4 Å². The lowest BCUT2D eigenvalue weighted by atomic mass is 10.1. The number of imide groups is 2. The average Bonchev–Trinajstić information content (AvgIpc) is 2.65. The molecule has 1 saturated heterocycles. The molecule has 0 spiro atoms. The van der Waals surface area contributed by atoms with E-state index >= 15 is 0 Å². The van der Waals surface area contributed by atoms with Crippen molar-refractivity contribution in [2.75, 3.05) is 11.5 Å². The Bertz CT molecular complexity index is 997. The summed E-state index contributed by atoms with van der Waals surface area (Å²) in [6.07, 6.45) is 1.26. The molecule has 2 aromatic rings. The molecule has 1 aliphatic rings. The van der Waals surface area contributed by atoms with Crippen LogP contribution in [0.1, 0.15) is 5.56 Å². The van der Waals surface area contributed by atoms with Crippen LogP contribution in [0.15, 0.2) is 54.1 Å². The van der Waals surface area contributed by atoms with Crippen molar-refractivity contribution in [2.45, 2.75) is 0 Å². The van der Waals surface area contributed by atoms with E-state index < -0.39 is 23.8 Å². The largest absolute Gasteiger partial charge is 0.508 e. The lowest BCUT2D eigenvalue weighted by Gasteiger charge is -2.26. The van der Waals surface area contributed by atoms with Crippen LogP contribution in [-0.2, 0) is 14.4 Å². The third kappa shape index (κ3) is 3.83. The van der Waals surface area contributed by atoms with Gasteiger partial charge < -0.3 is 15.6 Å². The number of para-hydroxylation sites is 1. The molecule has 4 N–H and O–H groups in total. The van der Waals surface area contributed by atoms with Crippen LogP contribution in [0.3, 0.4) is 0 Å². The third-order valence-corrected chi connectivity index (χ3v) is 3.80. The van der Waals surface area contributed by atoms with E-state index in [0.29, 0.717) is 5.56 Å². The van der Waals surface area contributed by atoms with Gasteiger partial charge in [0, 0.05) is 5.56 Å². The van der Waals surface area contributed by atoms with Crippen LogP contribution < -0.4 is 20.7 Å². The molecule has 1 fully saturated rings. The van der Waals surface area contributed by atoms with Gasteiger partial charge in [-0.3, -0.25) is 19.7 Å². The first-order chi connectivity index (χ1) is 13.4. The first-order valence-electron chi connectivity index (χ1n) is 8.07. The van der Waals surface area contributed by atoms with Gasteiger partial charge >= 0.3 is 6.03 Å². The molecule has 9 heteroatoms. The Kier molecular flexibility index (Phi) is 5.07. The van der Waals surface area contributed by atoms with Gasteiger partial charge in [0.25, 0.3) is 17.7 Å². The van der Waals surface area contributed by atoms with E-state index in [4.69, 9.17) is 10.5 Å². The number of nitrogens with one attached hydrogen (secondary N) is 1. The van der Waals surface area contributed by atoms with E-state index in [1.165, 1.54) is 30.3 Å². The Labute approximate surface area is 159 Å². The number of ether oxygens (including phenoxy) is 1. The number of phenolic OH excluding ortho intramolecular Hbond substituents is 1. The molecule has 0 aromatic heterocycles. The third-order valence-electron chi connectivity index (χ3n) is 3.80. The van der Waals surface area contributed by atoms with Crippen LogP contribution in [0.4, 0.5) is 10.5 Å². The number of benzene rings is 2. The van der Waals surface area contributed by atoms with Crippen molar-refractivity contribution in [1.82, 2.24) is 5.32 Å². The minimum atomic E-state index is -0.906. The normalized spacial score (nSPS) is 15.5. The van der Waals surface area contributed by atoms with Crippen molar-refractivity contribution in [3.8, 4) is 11.5 Å². The van der Waals surface area contributed by atoms with Crippen LogP contribution in [0.25, 0.3) is 6.08 Å². The Hall–Kier alpha value is -4.14. The molecule has 0 bridgehead atoms. The lowest BCUT2D eigenvalue weighted by Crippen LogP contribution is -2.54. The summed E-state index contributed by atoms with van der Waals surface area (Å²) in [6, 6.07) is 10.9. The fraction of sp³-hybridized carbons (Fsp3) is 0.0526. The number of rotatable bonds is 5. The topological polar surface area (TPSA) is 139 Å². The summed E-state index contributed by atoms with van der Waals surface area (Å²) >= 11 is 0. The van der Waals surface area contributed by atoms with E-state index in [1.807, 2.05) is 0 Å². The van der Waals surface area contributed by atoms with Gasteiger partial charge in [0.1, 0.15) is 17.1 Å². The number of anilines is 1. The Morgan fingerprint density at radius 3 is 2.46 bits per heavy atom. The van der Waals surface area contributed by atoms with Crippen molar-refractivity contribution >= 4 is 35.5 Å². The molecule has 0 unspecified atom stereocenters. The SMILES string of the molecule is NC(=O)COc1ccccc1/C=C1\C(=O)NC(=O)N(c2ccc(O)cc2)C1=O. The predicted octanol–water partition coefficient (Wildman–Crippen LogP) is 0.923. The highest BCUT2D eigenvalue weighted by molar-refractivity contribution is 6.39. The fourth-order valence-corrected chi connectivity index (χ4v) is 2.53. The van der Waals surface area contributed by atoms with Gasteiger partial charge in [0.05, 0.1) is 5.69 Å². The second-order valence-electron chi connectivity index (χ2n) is 5.77. The summed E-state index contributed by atoms with van der Waals surface area (Å²) < 4.78 is 5.29. The van der Waals surface area contributed by atoms with Gasteiger partial charge in [0.15, 0.2) is 6.61 Å². The molecule has 0 saturated carbocycles. The molecular weight excluding hydrogens is 366 g/mol. The molecule has 5 amide bonds. The van der Waals surface area contributed by atoms with E-state index in [-0.39, 0.29) is 29.4 Å². The zero-order valence-electron chi connectivity index (χ0n) is 14.4. The van der Waals surface area contributed by atoms with Gasteiger partial charge in [-0.2, -0.15) is 0 Å². The van der Waals surface area contributed by atoms with E-state index in [9.17, 15) is 24.3 Å². The predicted molar refractivity (Wildman–Crippen MR) is 98.2 cm³/mol. The smallest absolute Gasteiger partial charge is 0.335 e. The zero-order chi connectivity index (χ0) is 20.3. The van der Waals surface area contributed by atoms with Crippen molar-refractivity contribution < 1.29 is 29.0 Å². The van der Waals surface area contributed by atoms with Crippen molar-refractivity contribution in [3.63, 3.8) is 0 Å². The summed E-state index contributed by atoms with van der Waals surface area (Å²) in [7, 11) is 0. The number of carbonyl (C=O) groups is 4. The van der Waals surface area contributed by atoms with Gasteiger partial charge in [-0.15, -0.1) is 0 Å². The maximum Gasteiger partial charge on any atom is 0.335 e. The van der Waals surface area contributed by atoms with E-state index in [1.54, 1.807) is 24.3 Å². The number of urea groups is 1. The Balaban J connectivity index is 1.98. The summed E-state index contributed by atoms with van der Waals surface area (Å²) in [5.41, 5.74) is 5.29. The quantitative estimate of drug-likeness (QED) is 0.520. The minimum absolute atomic E-state index is 0.0408. The Morgan fingerprint density at radius 2 is 1.79 bits per heavy atom. The second-order valence-corrected chi connectivity index (χ2v) is 5.77. The summed E-state index contributed by atoms with van der Waals surface area (Å²) in [5, 5.41) is 11.5. The molecule has 0 atom stereocenters. The first kappa shape index (κ1) is 18.6. The van der Waals surface area contributed by atoms with Gasteiger partial charge in [-0.25, -0.2) is 9.69 Å². The number of nitrogens with two attached hydrogens (primary N) is 1. The van der Waals surface area contributed by atoms with Gasteiger partial charge in [-0.1, -0.05) is 18.2 Å². The molecule has 28 heavy (non-hydrogen) atoms. The van der Waals surface area contributed by atoms with Crippen molar-refractivity contribution in [3.05, 3.63) is 59.7 Å². The number of carbonyl (C=O) groups excluding carboxylic acids is 4. The number of phenols is 1. The lowest BCUT2D eigenvalue weighted by molar-refractivity contribution is -0.123. The number of barbiturate groups is 1. The average molecular weight is 381 g/mol. The molecule has 1 aliphatic heterocycles. The molecular formula is C19H15N3O6. The van der Waals surface area contributed by atoms with E-state index in [0.717, 1.165) is 4.90 Å².